The van der Waals surface area contributed by atoms with E-state index in [-0.39, 0.29) is 12.0 Å². The van der Waals surface area contributed by atoms with E-state index in [9.17, 15) is 4.79 Å². The molecular weight excluding hydrogens is 202 g/mol. The second-order valence-corrected chi connectivity index (χ2v) is 6.00. The Hall–Kier alpha value is -0.570. The van der Waals surface area contributed by atoms with E-state index in [4.69, 9.17) is 4.74 Å². The molecule has 3 heteroatoms. The van der Waals surface area contributed by atoms with Crippen LogP contribution in [0.5, 0.6) is 0 Å². The van der Waals surface area contributed by atoms with Crippen molar-refractivity contribution in [2.45, 2.75) is 71.6 Å². The Balaban J connectivity index is 2.26. The standard InChI is InChI=1S/C13H25NO2/c1-9(8-11-6-7-11)14-10(2)12(15)16-13(3,4)5/h9-11,14H,6-8H2,1-5H3/t9?,10-/m0/s1. The van der Waals surface area contributed by atoms with Gasteiger partial charge in [0.2, 0.25) is 0 Å². The van der Waals surface area contributed by atoms with Gasteiger partial charge in [-0.3, -0.25) is 4.79 Å². The van der Waals surface area contributed by atoms with Crippen LogP contribution in [0, 0.1) is 5.92 Å². The van der Waals surface area contributed by atoms with Gasteiger partial charge in [0.1, 0.15) is 11.6 Å². The van der Waals surface area contributed by atoms with Crippen molar-refractivity contribution in [2.75, 3.05) is 0 Å². The summed E-state index contributed by atoms with van der Waals surface area (Å²) in [6.07, 6.45) is 3.88. The number of hydrogen-bond acceptors (Lipinski definition) is 3. The smallest absolute Gasteiger partial charge is 0.323 e. The van der Waals surface area contributed by atoms with Crippen LogP contribution in [0.3, 0.4) is 0 Å². The molecule has 1 N–H and O–H groups in total. The highest BCUT2D eigenvalue weighted by atomic mass is 16.6. The van der Waals surface area contributed by atoms with Crippen molar-refractivity contribution in [3.05, 3.63) is 0 Å². The lowest BCUT2D eigenvalue weighted by Crippen LogP contribution is -2.43. The fraction of sp³-hybridized carbons (Fsp3) is 0.923. The summed E-state index contributed by atoms with van der Waals surface area (Å²) < 4.78 is 5.32. The molecule has 0 saturated heterocycles. The van der Waals surface area contributed by atoms with E-state index >= 15 is 0 Å². The zero-order chi connectivity index (χ0) is 12.3. The Kier molecular flexibility index (Phi) is 4.36. The van der Waals surface area contributed by atoms with Crippen LogP contribution in [-0.2, 0) is 9.53 Å². The second kappa shape index (κ2) is 5.17. The van der Waals surface area contributed by atoms with Gasteiger partial charge < -0.3 is 10.1 Å². The number of ether oxygens (including phenoxy) is 1. The number of esters is 1. The minimum Gasteiger partial charge on any atom is -0.459 e. The monoisotopic (exact) mass is 227 g/mol. The molecule has 0 spiro atoms. The third-order valence-electron chi connectivity index (χ3n) is 2.68. The Morgan fingerprint density at radius 3 is 2.38 bits per heavy atom. The Morgan fingerprint density at radius 1 is 1.38 bits per heavy atom. The van der Waals surface area contributed by atoms with Gasteiger partial charge in [-0.2, -0.15) is 0 Å². The summed E-state index contributed by atoms with van der Waals surface area (Å²) in [5.41, 5.74) is -0.396. The third-order valence-corrected chi connectivity index (χ3v) is 2.68. The topological polar surface area (TPSA) is 38.3 Å². The first-order chi connectivity index (χ1) is 7.28. The van der Waals surface area contributed by atoms with Gasteiger partial charge in [-0.25, -0.2) is 0 Å². The van der Waals surface area contributed by atoms with Gasteiger partial charge in [0.15, 0.2) is 0 Å². The van der Waals surface area contributed by atoms with E-state index in [1.54, 1.807) is 0 Å². The molecule has 1 rings (SSSR count). The van der Waals surface area contributed by atoms with E-state index in [0.717, 1.165) is 5.92 Å². The molecule has 0 amide bonds. The molecular formula is C13H25NO2. The van der Waals surface area contributed by atoms with Crippen molar-refractivity contribution >= 4 is 5.97 Å². The molecule has 0 aromatic carbocycles. The lowest BCUT2D eigenvalue weighted by molar-refractivity contribution is -0.157. The predicted molar refractivity (Wildman–Crippen MR) is 65.2 cm³/mol. The van der Waals surface area contributed by atoms with E-state index < -0.39 is 5.60 Å². The molecule has 94 valence electrons. The van der Waals surface area contributed by atoms with E-state index in [1.165, 1.54) is 19.3 Å². The molecule has 0 heterocycles. The van der Waals surface area contributed by atoms with Gasteiger partial charge in [0, 0.05) is 6.04 Å². The first-order valence-electron chi connectivity index (χ1n) is 6.27. The fourth-order valence-corrected chi connectivity index (χ4v) is 1.81. The van der Waals surface area contributed by atoms with Crippen molar-refractivity contribution < 1.29 is 9.53 Å². The van der Waals surface area contributed by atoms with Crippen LogP contribution in [-0.4, -0.2) is 23.7 Å². The van der Waals surface area contributed by atoms with Crippen molar-refractivity contribution in [3.63, 3.8) is 0 Å². The number of hydrogen-bond donors (Lipinski definition) is 1. The Morgan fingerprint density at radius 2 is 1.94 bits per heavy atom. The maximum Gasteiger partial charge on any atom is 0.323 e. The average Bonchev–Trinajstić information content (AvgIpc) is 2.84. The van der Waals surface area contributed by atoms with Crippen LogP contribution in [0.15, 0.2) is 0 Å². The van der Waals surface area contributed by atoms with Crippen molar-refractivity contribution in [1.82, 2.24) is 5.32 Å². The Labute approximate surface area is 98.9 Å². The van der Waals surface area contributed by atoms with Gasteiger partial charge in [0.25, 0.3) is 0 Å². The normalized spacial score (nSPS) is 20.3. The summed E-state index contributed by atoms with van der Waals surface area (Å²) in [6, 6.07) is 0.183. The minimum absolute atomic E-state index is 0.157. The van der Waals surface area contributed by atoms with Crippen LogP contribution in [0.2, 0.25) is 0 Å². The summed E-state index contributed by atoms with van der Waals surface area (Å²) >= 11 is 0. The molecule has 1 aliphatic rings. The lowest BCUT2D eigenvalue weighted by Gasteiger charge is -2.24. The van der Waals surface area contributed by atoms with Gasteiger partial charge >= 0.3 is 5.97 Å². The fourth-order valence-electron chi connectivity index (χ4n) is 1.81. The molecule has 3 nitrogen and oxygen atoms in total. The van der Waals surface area contributed by atoms with Crippen LogP contribution in [0.1, 0.15) is 53.9 Å². The molecule has 0 aliphatic heterocycles. The van der Waals surface area contributed by atoms with Gasteiger partial charge in [-0.15, -0.1) is 0 Å². The molecule has 16 heavy (non-hydrogen) atoms. The maximum atomic E-state index is 11.7. The van der Waals surface area contributed by atoms with Gasteiger partial charge in [-0.1, -0.05) is 12.8 Å². The van der Waals surface area contributed by atoms with E-state index in [1.807, 2.05) is 27.7 Å². The number of carbonyl (C=O) groups is 1. The quantitative estimate of drug-likeness (QED) is 0.733. The zero-order valence-corrected chi connectivity index (χ0v) is 11.2. The summed E-state index contributed by atoms with van der Waals surface area (Å²) in [7, 11) is 0. The third kappa shape index (κ3) is 5.50. The minimum atomic E-state index is -0.396. The molecule has 1 unspecified atom stereocenters. The molecule has 2 atom stereocenters. The first kappa shape index (κ1) is 13.5. The molecule has 0 bridgehead atoms. The molecule has 0 aromatic heterocycles. The lowest BCUT2D eigenvalue weighted by atomic mass is 10.1. The molecule has 1 aliphatic carbocycles. The van der Waals surface area contributed by atoms with Crippen LogP contribution >= 0.6 is 0 Å². The first-order valence-corrected chi connectivity index (χ1v) is 6.27. The number of nitrogens with one attached hydrogen (secondary N) is 1. The average molecular weight is 227 g/mol. The zero-order valence-electron chi connectivity index (χ0n) is 11.2. The van der Waals surface area contributed by atoms with Crippen LogP contribution in [0.25, 0.3) is 0 Å². The van der Waals surface area contributed by atoms with Crippen molar-refractivity contribution in [1.29, 1.82) is 0 Å². The maximum absolute atomic E-state index is 11.7. The van der Waals surface area contributed by atoms with Gasteiger partial charge in [0.05, 0.1) is 0 Å². The predicted octanol–water partition coefficient (Wildman–Crippen LogP) is 2.49. The van der Waals surface area contributed by atoms with Crippen LogP contribution < -0.4 is 5.32 Å². The van der Waals surface area contributed by atoms with E-state index in [2.05, 4.69) is 12.2 Å². The summed E-state index contributed by atoms with van der Waals surface area (Å²) in [6.45, 7) is 9.69. The molecule has 1 fully saturated rings. The van der Waals surface area contributed by atoms with Crippen LogP contribution in [0.4, 0.5) is 0 Å². The summed E-state index contributed by atoms with van der Waals surface area (Å²) in [4.78, 5) is 11.7. The van der Waals surface area contributed by atoms with E-state index in [0.29, 0.717) is 6.04 Å². The second-order valence-electron chi connectivity index (χ2n) is 6.00. The number of carbonyl (C=O) groups excluding carboxylic acids is 1. The largest absolute Gasteiger partial charge is 0.459 e. The van der Waals surface area contributed by atoms with Crippen molar-refractivity contribution in [3.8, 4) is 0 Å². The highest BCUT2D eigenvalue weighted by Gasteiger charge is 2.26. The molecule has 0 radical (unpaired) electrons. The number of rotatable bonds is 5. The van der Waals surface area contributed by atoms with Crippen molar-refractivity contribution in [2.24, 2.45) is 5.92 Å². The highest BCUT2D eigenvalue weighted by molar-refractivity contribution is 5.75. The van der Waals surface area contributed by atoms with Gasteiger partial charge in [-0.05, 0) is 47.0 Å². The molecule has 0 aromatic rings. The highest BCUT2D eigenvalue weighted by Crippen LogP contribution is 2.33. The SMILES string of the molecule is CC(CC1CC1)N[C@@H](C)C(=O)OC(C)(C)C. The summed E-state index contributed by atoms with van der Waals surface area (Å²) in [5.74, 6) is 0.725. The Bertz CT molecular complexity index is 241. The summed E-state index contributed by atoms with van der Waals surface area (Å²) in [5, 5.41) is 3.30. The molecule has 1 saturated carbocycles.